The number of anilines is 1. The smallest absolute Gasteiger partial charge is 0.409 e. The molecule has 0 aromatic heterocycles. The fraction of sp³-hybridized carbons (Fsp3) is 0.533. The predicted molar refractivity (Wildman–Crippen MR) is 74.6 cm³/mol. The quantitative estimate of drug-likeness (QED) is 0.779. The summed E-state index contributed by atoms with van der Waals surface area (Å²) in [5.74, 6) is 0. The van der Waals surface area contributed by atoms with E-state index in [9.17, 15) is 4.79 Å². The molecule has 0 atom stereocenters. The molecule has 4 nitrogen and oxygen atoms in total. The van der Waals surface area contributed by atoms with Gasteiger partial charge in [-0.1, -0.05) is 17.7 Å². The molecule has 4 heteroatoms. The van der Waals surface area contributed by atoms with Gasteiger partial charge in [0.05, 0.1) is 7.11 Å². The molecule has 1 aromatic carbocycles. The molecule has 0 radical (unpaired) electrons. The minimum Gasteiger partial charge on any atom is -0.453 e. The largest absolute Gasteiger partial charge is 0.453 e. The van der Waals surface area contributed by atoms with Crippen LogP contribution >= 0.6 is 0 Å². The number of nitrogens with zero attached hydrogens (tertiary/aromatic N) is 1. The number of piperidine rings is 1. The van der Waals surface area contributed by atoms with Gasteiger partial charge >= 0.3 is 6.09 Å². The lowest BCUT2D eigenvalue weighted by molar-refractivity contribution is 0.102. The van der Waals surface area contributed by atoms with Gasteiger partial charge in [0.1, 0.15) is 0 Å². The van der Waals surface area contributed by atoms with Crippen LogP contribution in [-0.2, 0) is 10.2 Å². The van der Waals surface area contributed by atoms with Crippen molar-refractivity contribution >= 4 is 11.8 Å². The van der Waals surface area contributed by atoms with Gasteiger partial charge in [-0.25, -0.2) is 4.79 Å². The average Bonchev–Trinajstić information content (AvgIpc) is 2.77. The van der Waals surface area contributed by atoms with E-state index in [1.54, 1.807) is 4.90 Å². The number of aryl methyl sites for hydroxylation is 1. The molecule has 0 saturated carbocycles. The van der Waals surface area contributed by atoms with Gasteiger partial charge in [0.2, 0.25) is 0 Å². The highest BCUT2D eigenvalue weighted by atomic mass is 16.5. The third-order valence-corrected chi connectivity index (χ3v) is 4.52. The first-order chi connectivity index (χ1) is 9.14. The summed E-state index contributed by atoms with van der Waals surface area (Å²) in [5.41, 5.74) is 4.19. The van der Waals surface area contributed by atoms with Gasteiger partial charge in [0.15, 0.2) is 0 Å². The molecule has 0 unspecified atom stereocenters. The van der Waals surface area contributed by atoms with Crippen molar-refractivity contribution in [1.82, 2.24) is 4.90 Å². The fourth-order valence-electron chi connectivity index (χ4n) is 3.30. The Morgan fingerprint density at radius 1 is 1.37 bits per heavy atom. The molecule has 3 rings (SSSR count). The topological polar surface area (TPSA) is 41.6 Å². The number of amides is 1. The normalized spacial score (nSPS) is 20.0. The summed E-state index contributed by atoms with van der Waals surface area (Å²) in [6, 6.07) is 6.61. The first kappa shape index (κ1) is 12.3. The van der Waals surface area contributed by atoms with Crippen molar-refractivity contribution < 1.29 is 9.53 Å². The van der Waals surface area contributed by atoms with Gasteiger partial charge in [0, 0.05) is 30.7 Å². The highest BCUT2D eigenvalue weighted by molar-refractivity contribution is 5.68. The second-order valence-corrected chi connectivity index (χ2v) is 5.64. The number of benzene rings is 1. The molecule has 1 saturated heterocycles. The summed E-state index contributed by atoms with van der Waals surface area (Å²) in [5, 5.41) is 3.51. The fourth-order valence-corrected chi connectivity index (χ4v) is 3.30. The SMILES string of the molecule is COC(=O)N1CCC2(CC1)CNc1ccc(C)cc12. The van der Waals surface area contributed by atoms with E-state index in [0.717, 1.165) is 32.5 Å². The molecule has 1 spiro atoms. The van der Waals surface area contributed by atoms with E-state index in [4.69, 9.17) is 4.74 Å². The lowest BCUT2D eigenvalue weighted by Crippen LogP contribution is -2.46. The Bertz CT molecular complexity index is 505. The number of methoxy groups -OCH3 is 1. The minimum atomic E-state index is -0.203. The van der Waals surface area contributed by atoms with Crippen molar-refractivity contribution in [2.75, 3.05) is 32.1 Å². The van der Waals surface area contributed by atoms with Gasteiger partial charge in [-0.15, -0.1) is 0 Å². The number of ether oxygens (including phenoxy) is 1. The molecular formula is C15H20N2O2. The van der Waals surface area contributed by atoms with Crippen LogP contribution in [-0.4, -0.2) is 37.7 Å². The Hall–Kier alpha value is -1.71. The van der Waals surface area contributed by atoms with Crippen molar-refractivity contribution in [1.29, 1.82) is 0 Å². The van der Waals surface area contributed by atoms with Crippen LogP contribution in [0.3, 0.4) is 0 Å². The second-order valence-electron chi connectivity index (χ2n) is 5.64. The molecule has 1 amide bonds. The Labute approximate surface area is 113 Å². The van der Waals surface area contributed by atoms with E-state index in [1.807, 2.05) is 0 Å². The maximum atomic E-state index is 11.6. The van der Waals surface area contributed by atoms with Gasteiger partial charge < -0.3 is 15.0 Å². The molecule has 1 fully saturated rings. The van der Waals surface area contributed by atoms with Crippen LogP contribution in [0.1, 0.15) is 24.0 Å². The molecule has 2 heterocycles. The van der Waals surface area contributed by atoms with E-state index in [0.29, 0.717) is 0 Å². The zero-order chi connectivity index (χ0) is 13.5. The summed E-state index contributed by atoms with van der Waals surface area (Å²) in [4.78, 5) is 13.4. The van der Waals surface area contributed by atoms with Crippen LogP contribution < -0.4 is 5.32 Å². The van der Waals surface area contributed by atoms with E-state index < -0.39 is 0 Å². The third kappa shape index (κ3) is 1.95. The van der Waals surface area contributed by atoms with Crippen LogP contribution in [0.15, 0.2) is 18.2 Å². The molecular weight excluding hydrogens is 240 g/mol. The lowest BCUT2D eigenvalue weighted by atomic mass is 9.74. The standard InChI is InChI=1S/C15H20N2O2/c1-11-3-4-13-12(9-11)15(10-16-13)5-7-17(8-6-15)14(18)19-2/h3-4,9,16H,5-8,10H2,1-2H3. The number of rotatable bonds is 0. The van der Waals surface area contributed by atoms with Crippen molar-refractivity contribution in [3.8, 4) is 0 Å². The monoisotopic (exact) mass is 260 g/mol. The highest BCUT2D eigenvalue weighted by Gasteiger charge is 2.42. The summed E-state index contributed by atoms with van der Waals surface area (Å²) in [6.45, 7) is 4.68. The molecule has 0 aliphatic carbocycles. The summed E-state index contributed by atoms with van der Waals surface area (Å²) in [6.07, 6.45) is 1.81. The van der Waals surface area contributed by atoms with E-state index >= 15 is 0 Å². The van der Waals surface area contributed by atoms with Crippen LogP contribution in [0.2, 0.25) is 0 Å². The second kappa shape index (κ2) is 4.44. The maximum absolute atomic E-state index is 11.6. The predicted octanol–water partition coefficient (Wildman–Crippen LogP) is 2.52. The first-order valence-electron chi connectivity index (χ1n) is 6.82. The van der Waals surface area contributed by atoms with Crippen molar-refractivity contribution in [3.63, 3.8) is 0 Å². The van der Waals surface area contributed by atoms with Gasteiger partial charge in [-0.3, -0.25) is 0 Å². The number of hydrogen-bond donors (Lipinski definition) is 1. The van der Waals surface area contributed by atoms with Gasteiger partial charge in [-0.2, -0.15) is 0 Å². The molecule has 19 heavy (non-hydrogen) atoms. The Morgan fingerprint density at radius 2 is 2.11 bits per heavy atom. The zero-order valence-electron chi connectivity index (χ0n) is 11.5. The van der Waals surface area contributed by atoms with Crippen molar-refractivity contribution in [3.05, 3.63) is 29.3 Å². The lowest BCUT2D eigenvalue weighted by Gasteiger charge is -2.38. The van der Waals surface area contributed by atoms with E-state index in [2.05, 4.69) is 30.4 Å². The van der Waals surface area contributed by atoms with Gasteiger partial charge in [0.25, 0.3) is 0 Å². The number of nitrogens with one attached hydrogen (secondary N) is 1. The summed E-state index contributed by atoms with van der Waals surface area (Å²) < 4.78 is 4.80. The average molecular weight is 260 g/mol. The minimum absolute atomic E-state index is 0.200. The molecule has 0 bridgehead atoms. The van der Waals surface area contributed by atoms with Crippen molar-refractivity contribution in [2.24, 2.45) is 0 Å². The van der Waals surface area contributed by atoms with Crippen molar-refractivity contribution in [2.45, 2.75) is 25.2 Å². The van der Waals surface area contributed by atoms with E-state index in [-0.39, 0.29) is 11.5 Å². The highest BCUT2D eigenvalue weighted by Crippen LogP contribution is 2.44. The molecule has 2 aliphatic rings. The Kier molecular flexibility index (Phi) is 2.88. The molecule has 2 aliphatic heterocycles. The summed E-state index contributed by atoms with van der Waals surface area (Å²) in [7, 11) is 1.45. The van der Waals surface area contributed by atoms with Crippen LogP contribution in [0.5, 0.6) is 0 Å². The van der Waals surface area contributed by atoms with Crippen LogP contribution in [0, 0.1) is 6.92 Å². The van der Waals surface area contributed by atoms with Gasteiger partial charge in [-0.05, 0) is 31.4 Å². The van der Waals surface area contributed by atoms with Crippen LogP contribution in [0.25, 0.3) is 0 Å². The Morgan fingerprint density at radius 3 is 2.79 bits per heavy atom. The zero-order valence-corrected chi connectivity index (χ0v) is 11.5. The number of hydrogen-bond acceptors (Lipinski definition) is 3. The first-order valence-corrected chi connectivity index (χ1v) is 6.82. The number of fused-ring (bicyclic) bond motifs is 2. The molecule has 102 valence electrons. The number of likely N-dealkylation sites (tertiary alicyclic amines) is 1. The number of carbonyl (C=O) groups is 1. The molecule has 1 aromatic rings. The van der Waals surface area contributed by atoms with E-state index in [1.165, 1.54) is 23.9 Å². The molecule has 1 N–H and O–H groups in total. The maximum Gasteiger partial charge on any atom is 0.409 e. The third-order valence-electron chi connectivity index (χ3n) is 4.52. The summed E-state index contributed by atoms with van der Waals surface area (Å²) >= 11 is 0. The van der Waals surface area contributed by atoms with Crippen LogP contribution in [0.4, 0.5) is 10.5 Å². The Balaban J connectivity index is 1.82. The number of carbonyl (C=O) groups excluding carboxylic acids is 1.